The molecule has 2 rings (SSSR count). The molecular weight excluding hydrogens is 306 g/mol. The Hall–Kier alpha value is -1.34. The molecule has 0 atom stereocenters. The van der Waals surface area contributed by atoms with Crippen LogP contribution in [0.2, 0.25) is 0 Å². The summed E-state index contributed by atoms with van der Waals surface area (Å²) in [6.45, 7) is 1.89. The fourth-order valence-corrected chi connectivity index (χ4v) is 2.95. The van der Waals surface area contributed by atoms with Crippen molar-refractivity contribution in [1.29, 1.82) is 0 Å². The van der Waals surface area contributed by atoms with Crippen LogP contribution in [0.15, 0.2) is 40.2 Å². The number of sulfonamides is 1. The molecular formula is C10H10BrN3O2S. The minimum Gasteiger partial charge on any atom is -0.334 e. The van der Waals surface area contributed by atoms with Crippen LogP contribution in [-0.4, -0.2) is 18.4 Å². The van der Waals surface area contributed by atoms with E-state index in [2.05, 4.69) is 30.6 Å². The van der Waals surface area contributed by atoms with Gasteiger partial charge in [-0.25, -0.2) is 4.98 Å². The van der Waals surface area contributed by atoms with Gasteiger partial charge in [0, 0.05) is 4.47 Å². The monoisotopic (exact) mass is 315 g/mol. The molecule has 0 aliphatic heterocycles. The lowest BCUT2D eigenvalue weighted by Gasteiger charge is -2.07. The van der Waals surface area contributed by atoms with E-state index >= 15 is 0 Å². The van der Waals surface area contributed by atoms with Gasteiger partial charge in [-0.2, -0.15) is 8.42 Å². The van der Waals surface area contributed by atoms with Crippen molar-refractivity contribution in [1.82, 2.24) is 9.97 Å². The second-order valence-electron chi connectivity index (χ2n) is 3.54. The third-order valence-electron chi connectivity index (χ3n) is 2.06. The Balaban J connectivity index is 2.33. The highest BCUT2D eigenvalue weighted by Gasteiger charge is 2.15. The lowest BCUT2D eigenvalue weighted by atomic mass is 10.2. The first-order valence-corrected chi connectivity index (χ1v) is 7.03. The van der Waals surface area contributed by atoms with Crippen LogP contribution in [0.5, 0.6) is 0 Å². The molecule has 0 spiro atoms. The molecule has 1 aromatic heterocycles. The van der Waals surface area contributed by atoms with E-state index < -0.39 is 10.0 Å². The van der Waals surface area contributed by atoms with Crippen molar-refractivity contribution in [3.8, 4) is 0 Å². The number of nitrogens with zero attached hydrogens (tertiary/aromatic N) is 1. The number of H-pyrrole nitrogens is 1. The van der Waals surface area contributed by atoms with Crippen LogP contribution in [0, 0.1) is 6.92 Å². The summed E-state index contributed by atoms with van der Waals surface area (Å²) in [7, 11) is -3.59. The van der Waals surface area contributed by atoms with Gasteiger partial charge in [0.1, 0.15) is 0 Å². The van der Waals surface area contributed by atoms with Crippen LogP contribution in [0.3, 0.4) is 0 Å². The fourth-order valence-electron chi connectivity index (χ4n) is 1.40. The number of benzene rings is 1. The quantitative estimate of drug-likeness (QED) is 0.912. The van der Waals surface area contributed by atoms with E-state index in [4.69, 9.17) is 0 Å². The molecule has 2 aromatic rings. The molecule has 0 radical (unpaired) electrons. The Kier molecular flexibility index (Phi) is 3.21. The van der Waals surface area contributed by atoms with Gasteiger partial charge in [0.15, 0.2) is 5.03 Å². The van der Waals surface area contributed by atoms with Crippen molar-refractivity contribution in [3.05, 3.63) is 40.8 Å². The van der Waals surface area contributed by atoms with Crippen molar-refractivity contribution >= 4 is 31.6 Å². The second-order valence-corrected chi connectivity index (χ2v) is 6.11. The first-order valence-electron chi connectivity index (χ1n) is 4.76. The largest absolute Gasteiger partial charge is 0.334 e. The summed E-state index contributed by atoms with van der Waals surface area (Å²) in [5.41, 5.74) is 1.47. The topological polar surface area (TPSA) is 74.8 Å². The Morgan fingerprint density at radius 1 is 1.35 bits per heavy atom. The average Bonchev–Trinajstić information content (AvgIpc) is 2.67. The summed E-state index contributed by atoms with van der Waals surface area (Å²) in [5, 5.41) is 0.0372. The molecule has 17 heavy (non-hydrogen) atoms. The summed E-state index contributed by atoms with van der Waals surface area (Å²) in [6, 6.07) is 5.34. The maximum Gasteiger partial charge on any atom is 0.278 e. The first-order chi connectivity index (χ1) is 7.97. The molecule has 0 unspecified atom stereocenters. The van der Waals surface area contributed by atoms with Gasteiger partial charge in [0.05, 0.1) is 18.2 Å². The highest BCUT2D eigenvalue weighted by atomic mass is 79.9. The first kappa shape index (κ1) is 12.1. The van der Waals surface area contributed by atoms with Crippen molar-refractivity contribution in [2.24, 2.45) is 0 Å². The molecule has 0 fully saturated rings. The van der Waals surface area contributed by atoms with Crippen LogP contribution >= 0.6 is 15.9 Å². The standard InChI is InChI=1S/C10H10BrN3O2S/c1-7-2-8(11)4-9(3-7)14-17(15,16)10-5-12-6-13-10/h2-6,14H,1H3,(H,12,13). The van der Waals surface area contributed by atoms with Gasteiger partial charge < -0.3 is 4.98 Å². The van der Waals surface area contributed by atoms with Crippen molar-refractivity contribution in [2.75, 3.05) is 4.72 Å². The third-order valence-corrected chi connectivity index (χ3v) is 3.82. The number of anilines is 1. The van der Waals surface area contributed by atoms with Gasteiger partial charge in [0.2, 0.25) is 0 Å². The van der Waals surface area contributed by atoms with Crippen LogP contribution in [0.1, 0.15) is 5.56 Å². The van der Waals surface area contributed by atoms with E-state index in [0.717, 1.165) is 10.0 Å². The predicted molar refractivity (Wildman–Crippen MR) is 68.3 cm³/mol. The van der Waals surface area contributed by atoms with Gasteiger partial charge in [-0.05, 0) is 30.7 Å². The lowest BCUT2D eigenvalue weighted by Crippen LogP contribution is -2.13. The van der Waals surface area contributed by atoms with E-state index in [-0.39, 0.29) is 5.03 Å². The van der Waals surface area contributed by atoms with Crippen molar-refractivity contribution in [3.63, 3.8) is 0 Å². The normalized spacial score (nSPS) is 11.4. The molecule has 0 aliphatic carbocycles. The Labute approximate surface area is 107 Å². The number of rotatable bonds is 3. The Bertz CT molecular complexity index is 603. The number of hydrogen-bond donors (Lipinski definition) is 2. The molecule has 7 heteroatoms. The second kappa shape index (κ2) is 4.50. The molecule has 90 valence electrons. The summed E-state index contributed by atoms with van der Waals surface area (Å²) >= 11 is 3.31. The number of halogens is 1. The summed E-state index contributed by atoms with van der Waals surface area (Å²) in [4.78, 5) is 6.23. The van der Waals surface area contributed by atoms with E-state index in [1.807, 2.05) is 13.0 Å². The van der Waals surface area contributed by atoms with Gasteiger partial charge in [0.25, 0.3) is 10.0 Å². The number of aromatic amines is 1. The number of aryl methyl sites for hydroxylation is 1. The zero-order chi connectivity index (χ0) is 12.5. The van der Waals surface area contributed by atoms with Crippen molar-refractivity contribution < 1.29 is 8.42 Å². The number of nitrogens with one attached hydrogen (secondary N) is 2. The molecule has 5 nitrogen and oxygen atoms in total. The van der Waals surface area contributed by atoms with Crippen LogP contribution < -0.4 is 4.72 Å². The fraction of sp³-hybridized carbons (Fsp3) is 0.100. The van der Waals surface area contributed by atoms with Crippen LogP contribution in [-0.2, 0) is 10.0 Å². The maximum atomic E-state index is 11.9. The zero-order valence-electron chi connectivity index (χ0n) is 8.94. The average molecular weight is 316 g/mol. The van der Waals surface area contributed by atoms with E-state index in [1.54, 1.807) is 12.1 Å². The Morgan fingerprint density at radius 2 is 2.12 bits per heavy atom. The number of imidazole rings is 1. The van der Waals surface area contributed by atoms with E-state index in [9.17, 15) is 8.42 Å². The molecule has 0 aliphatic rings. The molecule has 0 bridgehead atoms. The maximum absolute atomic E-state index is 11.9. The SMILES string of the molecule is Cc1cc(Br)cc(NS(=O)(=O)c2cnc[nH]2)c1. The molecule has 0 amide bonds. The summed E-state index contributed by atoms with van der Waals surface area (Å²) in [6.07, 6.45) is 2.58. The third kappa shape index (κ3) is 2.86. The minimum absolute atomic E-state index is 0.0372. The van der Waals surface area contributed by atoms with E-state index in [1.165, 1.54) is 12.5 Å². The van der Waals surface area contributed by atoms with Crippen molar-refractivity contribution in [2.45, 2.75) is 11.9 Å². The molecule has 2 N–H and O–H groups in total. The molecule has 0 saturated heterocycles. The van der Waals surface area contributed by atoms with Crippen LogP contribution in [0.4, 0.5) is 5.69 Å². The smallest absolute Gasteiger partial charge is 0.278 e. The number of aromatic nitrogens is 2. The van der Waals surface area contributed by atoms with Gasteiger partial charge in [-0.1, -0.05) is 15.9 Å². The molecule has 1 aromatic carbocycles. The number of hydrogen-bond acceptors (Lipinski definition) is 3. The molecule has 1 heterocycles. The van der Waals surface area contributed by atoms with Gasteiger partial charge in [-0.15, -0.1) is 0 Å². The highest BCUT2D eigenvalue weighted by molar-refractivity contribution is 9.10. The van der Waals surface area contributed by atoms with Gasteiger partial charge >= 0.3 is 0 Å². The summed E-state index contributed by atoms with van der Waals surface area (Å²) in [5.74, 6) is 0. The molecule has 0 saturated carbocycles. The van der Waals surface area contributed by atoms with E-state index in [0.29, 0.717) is 5.69 Å². The van der Waals surface area contributed by atoms with Gasteiger partial charge in [-0.3, -0.25) is 4.72 Å². The minimum atomic E-state index is -3.59. The van der Waals surface area contributed by atoms with Crippen LogP contribution in [0.25, 0.3) is 0 Å². The highest BCUT2D eigenvalue weighted by Crippen LogP contribution is 2.21. The lowest BCUT2D eigenvalue weighted by molar-refractivity contribution is 0.598. The Morgan fingerprint density at radius 3 is 2.71 bits per heavy atom. The zero-order valence-corrected chi connectivity index (χ0v) is 11.3. The predicted octanol–water partition coefficient (Wildman–Crippen LogP) is 2.28. The summed E-state index contributed by atoms with van der Waals surface area (Å²) < 4.78 is 27.1.